The van der Waals surface area contributed by atoms with Gasteiger partial charge in [-0.1, -0.05) is 18.2 Å². The van der Waals surface area contributed by atoms with Gasteiger partial charge in [0.2, 0.25) is 0 Å². The van der Waals surface area contributed by atoms with Gasteiger partial charge in [0.25, 0.3) is 0 Å². The Labute approximate surface area is 146 Å². The number of halogens is 1. The van der Waals surface area contributed by atoms with E-state index in [0.29, 0.717) is 35.3 Å². The molecule has 3 nitrogen and oxygen atoms in total. The Hall–Kier alpha value is -2.88. The Kier molecular flexibility index (Phi) is 4.98. The van der Waals surface area contributed by atoms with E-state index in [1.807, 2.05) is 0 Å². The highest BCUT2D eigenvalue weighted by atomic mass is 19.1. The van der Waals surface area contributed by atoms with Gasteiger partial charge < -0.3 is 9.84 Å². The Morgan fingerprint density at radius 1 is 1.04 bits per heavy atom. The number of phenols is 1. The number of allylic oxidation sites excluding steroid dienone is 2. The first-order chi connectivity index (χ1) is 12.1. The second kappa shape index (κ2) is 7.34. The molecule has 25 heavy (non-hydrogen) atoms. The van der Waals surface area contributed by atoms with Gasteiger partial charge >= 0.3 is 0 Å². The standard InChI is InChI=1S/C21H19FO3/c1-25-20-9-8-15(13-19(20)23)11-17-6-3-5-16(21(17)24)10-14-4-2-7-18(22)12-14/h2,4,7-13,23H,3,5-6H2,1H3/b16-10+,17-11+. The van der Waals surface area contributed by atoms with Gasteiger partial charge in [-0.3, -0.25) is 4.79 Å². The molecule has 0 bridgehead atoms. The second-order valence-electron chi connectivity index (χ2n) is 6.01. The highest BCUT2D eigenvalue weighted by Crippen LogP contribution is 2.31. The summed E-state index contributed by atoms with van der Waals surface area (Å²) < 4.78 is 18.3. The molecule has 2 aromatic carbocycles. The lowest BCUT2D eigenvalue weighted by Crippen LogP contribution is -2.12. The smallest absolute Gasteiger partial charge is 0.185 e. The summed E-state index contributed by atoms with van der Waals surface area (Å²) in [4.78, 5) is 12.7. The van der Waals surface area contributed by atoms with Crippen LogP contribution in [0.4, 0.5) is 4.39 Å². The fraction of sp³-hybridized carbons (Fsp3) is 0.190. The van der Waals surface area contributed by atoms with Crippen LogP contribution in [0.2, 0.25) is 0 Å². The maximum Gasteiger partial charge on any atom is 0.185 e. The molecule has 0 aliphatic heterocycles. The molecule has 128 valence electrons. The minimum absolute atomic E-state index is 0.0224. The number of aromatic hydroxyl groups is 1. The summed E-state index contributed by atoms with van der Waals surface area (Å²) in [6.45, 7) is 0. The SMILES string of the molecule is COc1ccc(/C=C2\CCC/C(=C\c3cccc(F)c3)C2=O)cc1O. The predicted molar refractivity (Wildman–Crippen MR) is 95.9 cm³/mol. The van der Waals surface area contributed by atoms with Crippen molar-refractivity contribution in [2.45, 2.75) is 19.3 Å². The zero-order valence-corrected chi connectivity index (χ0v) is 14.0. The molecule has 1 fully saturated rings. The van der Waals surface area contributed by atoms with Crippen molar-refractivity contribution in [3.8, 4) is 11.5 Å². The molecule has 0 aromatic heterocycles. The summed E-state index contributed by atoms with van der Waals surface area (Å²) >= 11 is 0. The average Bonchev–Trinajstić information content (AvgIpc) is 2.59. The van der Waals surface area contributed by atoms with Crippen LogP contribution < -0.4 is 4.74 Å². The fourth-order valence-corrected chi connectivity index (χ4v) is 2.97. The molecule has 0 radical (unpaired) electrons. The maximum atomic E-state index is 13.3. The van der Waals surface area contributed by atoms with Gasteiger partial charge in [0, 0.05) is 11.1 Å². The number of ether oxygens (including phenoxy) is 1. The predicted octanol–water partition coefficient (Wildman–Crippen LogP) is 4.76. The summed E-state index contributed by atoms with van der Waals surface area (Å²) in [5.74, 6) is 0.0901. The summed E-state index contributed by atoms with van der Waals surface area (Å²) in [5, 5.41) is 9.87. The first-order valence-electron chi connectivity index (χ1n) is 8.15. The van der Waals surface area contributed by atoms with Crippen LogP contribution in [0.5, 0.6) is 11.5 Å². The van der Waals surface area contributed by atoms with Gasteiger partial charge in [-0.2, -0.15) is 0 Å². The highest BCUT2D eigenvalue weighted by molar-refractivity contribution is 6.13. The summed E-state index contributed by atoms with van der Waals surface area (Å²) in [6.07, 6.45) is 5.78. The number of benzene rings is 2. The molecule has 1 saturated carbocycles. The van der Waals surface area contributed by atoms with Crippen molar-refractivity contribution in [2.75, 3.05) is 7.11 Å². The van der Waals surface area contributed by atoms with Crippen molar-refractivity contribution in [2.24, 2.45) is 0 Å². The number of Topliss-reactive ketones (excluding diaryl/α,β-unsaturated/α-hetero) is 1. The van der Waals surface area contributed by atoms with Crippen LogP contribution in [-0.4, -0.2) is 18.0 Å². The molecule has 0 heterocycles. The minimum Gasteiger partial charge on any atom is -0.504 e. The van der Waals surface area contributed by atoms with Crippen molar-refractivity contribution >= 4 is 17.9 Å². The number of methoxy groups -OCH3 is 1. The van der Waals surface area contributed by atoms with E-state index in [1.165, 1.54) is 19.2 Å². The van der Waals surface area contributed by atoms with Crippen LogP contribution in [0, 0.1) is 5.82 Å². The number of hydrogen-bond acceptors (Lipinski definition) is 3. The van der Waals surface area contributed by atoms with Crippen molar-refractivity contribution in [1.29, 1.82) is 0 Å². The summed E-state index contributed by atoms with van der Waals surface area (Å²) in [5.41, 5.74) is 2.81. The van der Waals surface area contributed by atoms with Crippen LogP contribution in [0.1, 0.15) is 30.4 Å². The van der Waals surface area contributed by atoms with Crippen LogP contribution in [0.3, 0.4) is 0 Å². The van der Waals surface area contributed by atoms with E-state index >= 15 is 0 Å². The molecule has 1 aliphatic carbocycles. The molecule has 2 aromatic rings. The lowest BCUT2D eigenvalue weighted by Gasteiger charge is -2.16. The van der Waals surface area contributed by atoms with Gasteiger partial charge in [0.1, 0.15) is 5.82 Å². The molecular weight excluding hydrogens is 319 g/mol. The molecule has 1 aliphatic rings. The van der Waals surface area contributed by atoms with Gasteiger partial charge in [-0.05, 0) is 66.8 Å². The number of rotatable bonds is 3. The Bertz CT molecular complexity index is 865. The van der Waals surface area contributed by atoms with E-state index in [1.54, 1.807) is 42.5 Å². The third kappa shape index (κ3) is 3.97. The minimum atomic E-state index is -0.318. The quantitative estimate of drug-likeness (QED) is 0.821. The van der Waals surface area contributed by atoms with Gasteiger partial charge in [-0.15, -0.1) is 0 Å². The fourth-order valence-electron chi connectivity index (χ4n) is 2.97. The van der Waals surface area contributed by atoms with Crippen LogP contribution in [-0.2, 0) is 4.79 Å². The normalized spacial score (nSPS) is 17.9. The number of carbonyl (C=O) groups excluding carboxylic acids is 1. The molecular formula is C21H19FO3. The van der Waals surface area contributed by atoms with E-state index in [0.717, 1.165) is 12.0 Å². The molecule has 3 rings (SSSR count). The number of hydrogen-bond donors (Lipinski definition) is 1. The first kappa shape index (κ1) is 17.0. The third-order valence-corrected chi connectivity index (χ3v) is 4.21. The molecule has 1 N–H and O–H groups in total. The van der Waals surface area contributed by atoms with Gasteiger partial charge in [0.05, 0.1) is 7.11 Å². The third-order valence-electron chi connectivity index (χ3n) is 4.21. The van der Waals surface area contributed by atoms with Crippen molar-refractivity contribution in [3.05, 3.63) is 70.6 Å². The van der Waals surface area contributed by atoms with Crippen molar-refractivity contribution < 1.29 is 19.0 Å². The van der Waals surface area contributed by atoms with Crippen LogP contribution in [0.15, 0.2) is 53.6 Å². The maximum absolute atomic E-state index is 13.3. The van der Waals surface area contributed by atoms with E-state index < -0.39 is 0 Å². The highest BCUT2D eigenvalue weighted by Gasteiger charge is 2.20. The molecule has 4 heteroatoms. The molecule has 0 saturated heterocycles. The van der Waals surface area contributed by atoms with E-state index in [-0.39, 0.29) is 17.3 Å². The average molecular weight is 338 g/mol. The Balaban J connectivity index is 1.88. The van der Waals surface area contributed by atoms with Gasteiger partial charge in [0.15, 0.2) is 17.3 Å². The number of carbonyl (C=O) groups is 1. The lowest BCUT2D eigenvalue weighted by molar-refractivity contribution is -0.112. The second-order valence-corrected chi connectivity index (χ2v) is 6.01. The molecule has 0 spiro atoms. The van der Waals surface area contributed by atoms with Crippen molar-refractivity contribution in [1.82, 2.24) is 0 Å². The molecule has 0 atom stereocenters. The van der Waals surface area contributed by atoms with Crippen LogP contribution >= 0.6 is 0 Å². The van der Waals surface area contributed by atoms with E-state index in [4.69, 9.17) is 4.74 Å². The topological polar surface area (TPSA) is 46.5 Å². The molecule has 0 unspecified atom stereocenters. The van der Waals surface area contributed by atoms with Gasteiger partial charge in [-0.25, -0.2) is 4.39 Å². The zero-order chi connectivity index (χ0) is 17.8. The number of ketones is 1. The monoisotopic (exact) mass is 338 g/mol. The lowest BCUT2D eigenvalue weighted by atomic mass is 9.87. The Morgan fingerprint density at radius 2 is 1.72 bits per heavy atom. The Morgan fingerprint density at radius 3 is 2.32 bits per heavy atom. The van der Waals surface area contributed by atoms with E-state index in [9.17, 15) is 14.3 Å². The summed E-state index contributed by atoms with van der Waals surface area (Å²) in [6, 6.07) is 11.2. The summed E-state index contributed by atoms with van der Waals surface area (Å²) in [7, 11) is 1.49. The first-order valence-corrected chi connectivity index (χ1v) is 8.15. The zero-order valence-electron chi connectivity index (χ0n) is 14.0. The van der Waals surface area contributed by atoms with E-state index in [2.05, 4.69) is 0 Å². The van der Waals surface area contributed by atoms with Crippen molar-refractivity contribution in [3.63, 3.8) is 0 Å². The largest absolute Gasteiger partial charge is 0.504 e. The molecule has 0 amide bonds. The number of phenolic OH excluding ortho intramolecular Hbond substituents is 1. The van der Waals surface area contributed by atoms with Crippen LogP contribution in [0.25, 0.3) is 12.2 Å².